The van der Waals surface area contributed by atoms with E-state index < -0.39 is 0 Å². The summed E-state index contributed by atoms with van der Waals surface area (Å²) >= 11 is 9.19. The molecule has 0 aliphatic carbocycles. The SMILES string of the molecule is Cl.Cl.Clc1ccc(-c2csc(NCc3cnc(NCc4ccccc4)s3)n2)cc1. The summed E-state index contributed by atoms with van der Waals surface area (Å²) in [5.41, 5.74) is 3.26. The van der Waals surface area contributed by atoms with E-state index in [4.69, 9.17) is 11.6 Å². The van der Waals surface area contributed by atoms with Crippen LogP contribution in [0.1, 0.15) is 10.4 Å². The highest BCUT2D eigenvalue weighted by Gasteiger charge is 2.06. The Morgan fingerprint density at radius 2 is 1.59 bits per heavy atom. The van der Waals surface area contributed by atoms with Gasteiger partial charge in [0.2, 0.25) is 0 Å². The second-order valence-corrected chi connectivity index (χ2v) is 8.28. The highest BCUT2D eigenvalue weighted by atomic mass is 35.5. The summed E-state index contributed by atoms with van der Waals surface area (Å²) in [7, 11) is 0. The summed E-state index contributed by atoms with van der Waals surface area (Å²) < 4.78 is 0. The zero-order valence-electron chi connectivity index (χ0n) is 15.2. The molecule has 0 unspecified atom stereocenters. The minimum atomic E-state index is 0. The number of rotatable bonds is 7. The normalized spacial score (nSPS) is 9.97. The standard InChI is InChI=1S/C20H17ClN4S2.2ClH/c21-16-8-6-15(7-9-16)18-13-26-20(25-18)24-12-17-11-23-19(27-17)22-10-14-4-2-1-3-5-14;;/h1-9,11,13H,10,12H2,(H,22,23)(H,24,25);2*1H. The van der Waals surface area contributed by atoms with Gasteiger partial charge in [-0.25, -0.2) is 9.97 Å². The van der Waals surface area contributed by atoms with Gasteiger partial charge in [-0.1, -0.05) is 54.1 Å². The first-order valence-electron chi connectivity index (χ1n) is 8.44. The van der Waals surface area contributed by atoms with Crippen LogP contribution in [0.15, 0.2) is 66.2 Å². The van der Waals surface area contributed by atoms with Crippen molar-refractivity contribution in [2.24, 2.45) is 0 Å². The van der Waals surface area contributed by atoms with Gasteiger partial charge in [0.1, 0.15) is 0 Å². The molecule has 29 heavy (non-hydrogen) atoms. The van der Waals surface area contributed by atoms with Gasteiger partial charge in [-0.2, -0.15) is 0 Å². The first-order valence-corrected chi connectivity index (χ1v) is 10.5. The maximum absolute atomic E-state index is 5.94. The minimum absolute atomic E-state index is 0. The van der Waals surface area contributed by atoms with Crippen molar-refractivity contribution in [1.82, 2.24) is 9.97 Å². The molecule has 9 heteroatoms. The minimum Gasteiger partial charge on any atom is -0.357 e. The smallest absolute Gasteiger partial charge is 0.183 e. The number of aromatic nitrogens is 2. The Balaban J connectivity index is 0.00000150. The topological polar surface area (TPSA) is 49.8 Å². The maximum atomic E-state index is 5.94. The third kappa shape index (κ3) is 6.59. The van der Waals surface area contributed by atoms with Crippen LogP contribution in [0.3, 0.4) is 0 Å². The molecule has 0 bridgehead atoms. The Morgan fingerprint density at radius 1 is 0.862 bits per heavy atom. The van der Waals surface area contributed by atoms with E-state index in [9.17, 15) is 0 Å². The molecule has 0 radical (unpaired) electrons. The highest BCUT2D eigenvalue weighted by Crippen LogP contribution is 2.27. The first kappa shape index (κ1) is 23.4. The Kier molecular flexibility index (Phi) is 9.20. The molecule has 152 valence electrons. The number of nitrogens with zero attached hydrogens (tertiary/aromatic N) is 2. The lowest BCUT2D eigenvalue weighted by Crippen LogP contribution is -1.98. The van der Waals surface area contributed by atoms with Gasteiger partial charge in [0.05, 0.1) is 12.2 Å². The van der Waals surface area contributed by atoms with Gasteiger partial charge in [0.15, 0.2) is 10.3 Å². The first-order chi connectivity index (χ1) is 13.3. The molecule has 0 saturated carbocycles. The summed E-state index contributed by atoms with van der Waals surface area (Å²) in [5, 5.41) is 11.3. The predicted molar refractivity (Wildman–Crippen MR) is 130 cm³/mol. The summed E-state index contributed by atoms with van der Waals surface area (Å²) in [6.45, 7) is 1.48. The van der Waals surface area contributed by atoms with Crippen LogP contribution in [0.5, 0.6) is 0 Å². The average molecular weight is 486 g/mol. The van der Waals surface area contributed by atoms with Crippen molar-refractivity contribution in [3.8, 4) is 11.3 Å². The fraction of sp³-hybridized carbons (Fsp3) is 0.100. The van der Waals surface area contributed by atoms with Crippen LogP contribution in [-0.4, -0.2) is 9.97 Å². The van der Waals surface area contributed by atoms with Gasteiger partial charge in [-0.05, 0) is 17.7 Å². The Labute approximate surface area is 195 Å². The van der Waals surface area contributed by atoms with Gasteiger partial charge in [0.25, 0.3) is 0 Å². The van der Waals surface area contributed by atoms with Crippen molar-refractivity contribution in [3.05, 3.63) is 81.6 Å². The largest absolute Gasteiger partial charge is 0.357 e. The zero-order chi connectivity index (χ0) is 18.5. The fourth-order valence-electron chi connectivity index (χ4n) is 2.52. The molecule has 2 aromatic heterocycles. The summed E-state index contributed by atoms with van der Waals surface area (Å²) in [6.07, 6.45) is 1.90. The Bertz CT molecular complexity index is 1000. The molecule has 4 rings (SSSR count). The molecule has 0 spiro atoms. The van der Waals surface area contributed by atoms with E-state index in [0.29, 0.717) is 6.54 Å². The van der Waals surface area contributed by atoms with Gasteiger partial charge in [0, 0.05) is 33.6 Å². The van der Waals surface area contributed by atoms with E-state index in [1.807, 2.05) is 54.0 Å². The second-order valence-electron chi connectivity index (χ2n) is 5.87. The number of nitrogens with one attached hydrogen (secondary N) is 2. The van der Waals surface area contributed by atoms with E-state index in [2.05, 4.69) is 32.7 Å². The molecular weight excluding hydrogens is 467 g/mol. The number of hydrogen-bond donors (Lipinski definition) is 2. The van der Waals surface area contributed by atoms with E-state index in [1.165, 1.54) is 5.56 Å². The molecule has 0 saturated heterocycles. The Morgan fingerprint density at radius 3 is 2.34 bits per heavy atom. The molecule has 4 aromatic rings. The van der Waals surface area contributed by atoms with Crippen molar-refractivity contribution in [3.63, 3.8) is 0 Å². The van der Waals surface area contributed by atoms with E-state index in [-0.39, 0.29) is 24.8 Å². The molecular formula is C20H19Cl3N4S2. The van der Waals surface area contributed by atoms with Crippen molar-refractivity contribution >= 4 is 69.4 Å². The molecule has 0 atom stereocenters. The van der Waals surface area contributed by atoms with Crippen LogP contribution in [-0.2, 0) is 13.1 Å². The Hall–Kier alpha value is -1.83. The molecule has 2 heterocycles. The third-order valence-corrected chi connectivity index (χ3v) is 5.91. The summed E-state index contributed by atoms with van der Waals surface area (Å²) in [5.74, 6) is 0. The van der Waals surface area contributed by atoms with Crippen LogP contribution >= 0.6 is 59.1 Å². The second kappa shape index (κ2) is 11.4. The lowest BCUT2D eigenvalue weighted by Gasteiger charge is -2.02. The van der Waals surface area contributed by atoms with Gasteiger partial charge < -0.3 is 10.6 Å². The van der Waals surface area contributed by atoms with Crippen LogP contribution in [0, 0.1) is 0 Å². The van der Waals surface area contributed by atoms with Crippen LogP contribution < -0.4 is 10.6 Å². The average Bonchev–Trinajstić information content (AvgIpc) is 3.36. The third-order valence-electron chi connectivity index (χ3n) is 3.90. The number of anilines is 2. The van der Waals surface area contributed by atoms with E-state index >= 15 is 0 Å². The predicted octanol–water partition coefficient (Wildman–Crippen LogP) is 6.99. The molecule has 0 amide bonds. The molecule has 4 nitrogen and oxygen atoms in total. The van der Waals surface area contributed by atoms with Crippen LogP contribution in [0.4, 0.5) is 10.3 Å². The summed E-state index contributed by atoms with van der Waals surface area (Å²) in [6, 6.07) is 18.0. The lowest BCUT2D eigenvalue weighted by atomic mass is 10.2. The van der Waals surface area contributed by atoms with Gasteiger partial charge in [-0.3, -0.25) is 0 Å². The number of thiazole rings is 2. The summed E-state index contributed by atoms with van der Waals surface area (Å²) in [4.78, 5) is 10.2. The molecule has 0 fully saturated rings. The fourth-order valence-corrected chi connectivity index (χ4v) is 4.11. The van der Waals surface area contributed by atoms with Gasteiger partial charge >= 0.3 is 0 Å². The molecule has 0 aliphatic heterocycles. The van der Waals surface area contributed by atoms with Crippen LogP contribution in [0.25, 0.3) is 11.3 Å². The van der Waals surface area contributed by atoms with Gasteiger partial charge in [-0.15, -0.1) is 47.5 Å². The monoisotopic (exact) mass is 484 g/mol. The van der Waals surface area contributed by atoms with Crippen molar-refractivity contribution < 1.29 is 0 Å². The number of benzene rings is 2. The van der Waals surface area contributed by atoms with E-state index in [1.54, 1.807) is 22.7 Å². The van der Waals surface area contributed by atoms with E-state index in [0.717, 1.165) is 38.0 Å². The quantitative estimate of drug-likeness (QED) is 0.296. The molecule has 2 aromatic carbocycles. The van der Waals surface area contributed by atoms with Crippen molar-refractivity contribution in [2.45, 2.75) is 13.1 Å². The van der Waals surface area contributed by atoms with Crippen molar-refractivity contribution in [2.75, 3.05) is 10.6 Å². The molecule has 0 aliphatic rings. The lowest BCUT2D eigenvalue weighted by molar-refractivity contribution is 1.13. The highest BCUT2D eigenvalue weighted by molar-refractivity contribution is 7.15. The molecule has 2 N–H and O–H groups in total. The zero-order valence-corrected chi connectivity index (χ0v) is 19.2. The number of halogens is 3. The maximum Gasteiger partial charge on any atom is 0.183 e. The van der Waals surface area contributed by atoms with Crippen LogP contribution in [0.2, 0.25) is 5.02 Å². The number of hydrogen-bond acceptors (Lipinski definition) is 6. The van der Waals surface area contributed by atoms with Crippen molar-refractivity contribution in [1.29, 1.82) is 0 Å².